The second-order valence-corrected chi connectivity index (χ2v) is 5.68. The number of hydrogen-bond donors (Lipinski definition) is 2. The second kappa shape index (κ2) is 5.35. The standard InChI is InChI=1S/C16H12BN2O5/c20-13-7-5-11(15(21)18-13)19-10-3-1-2-8-12(24-17-23)6-4-9(14(8)10)16(19)22/h1-4,6,11,23H,5,7H2,(H,18,20,21). The van der Waals surface area contributed by atoms with Crippen molar-refractivity contribution in [2.75, 3.05) is 4.90 Å². The third kappa shape index (κ3) is 2.00. The number of amides is 3. The molecule has 0 aromatic heterocycles. The minimum absolute atomic E-state index is 0.195. The Labute approximate surface area is 137 Å². The third-order valence-electron chi connectivity index (χ3n) is 4.39. The highest BCUT2D eigenvalue weighted by Gasteiger charge is 2.40. The smallest absolute Gasteiger partial charge is 0.537 e. The number of imide groups is 1. The maximum Gasteiger partial charge on any atom is 0.569 e. The van der Waals surface area contributed by atoms with E-state index in [9.17, 15) is 14.4 Å². The molecule has 0 aliphatic carbocycles. The van der Waals surface area contributed by atoms with Gasteiger partial charge in [0.15, 0.2) is 0 Å². The summed E-state index contributed by atoms with van der Waals surface area (Å²) in [5.41, 5.74) is 1.07. The molecule has 2 aliphatic heterocycles. The van der Waals surface area contributed by atoms with Gasteiger partial charge >= 0.3 is 7.69 Å². The van der Waals surface area contributed by atoms with Crippen molar-refractivity contribution in [1.29, 1.82) is 0 Å². The van der Waals surface area contributed by atoms with Crippen LogP contribution in [0, 0.1) is 0 Å². The lowest BCUT2D eigenvalue weighted by Gasteiger charge is -2.30. The Hall–Kier alpha value is -2.87. The van der Waals surface area contributed by atoms with Crippen LogP contribution in [-0.4, -0.2) is 36.5 Å². The highest BCUT2D eigenvalue weighted by atomic mass is 16.5. The predicted molar refractivity (Wildman–Crippen MR) is 85.5 cm³/mol. The van der Waals surface area contributed by atoms with Gasteiger partial charge in [0.1, 0.15) is 11.8 Å². The summed E-state index contributed by atoms with van der Waals surface area (Å²) < 4.78 is 5.08. The topological polar surface area (TPSA) is 95.9 Å². The molecule has 3 amide bonds. The quantitative estimate of drug-likeness (QED) is 0.634. The van der Waals surface area contributed by atoms with Crippen molar-refractivity contribution >= 4 is 41.9 Å². The van der Waals surface area contributed by atoms with E-state index in [2.05, 4.69) is 5.32 Å². The van der Waals surface area contributed by atoms with Crippen molar-refractivity contribution in [2.24, 2.45) is 0 Å². The molecule has 2 N–H and O–H groups in total. The summed E-state index contributed by atoms with van der Waals surface area (Å²) in [6.07, 6.45) is 0.481. The zero-order valence-corrected chi connectivity index (χ0v) is 12.5. The van der Waals surface area contributed by atoms with Gasteiger partial charge in [-0.1, -0.05) is 12.1 Å². The Kier molecular flexibility index (Phi) is 3.28. The molecule has 0 spiro atoms. The van der Waals surface area contributed by atoms with Crippen molar-refractivity contribution in [1.82, 2.24) is 5.32 Å². The van der Waals surface area contributed by atoms with Crippen LogP contribution in [0.2, 0.25) is 0 Å². The third-order valence-corrected chi connectivity index (χ3v) is 4.39. The van der Waals surface area contributed by atoms with E-state index in [4.69, 9.17) is 9.68 Å². The average molecular weight is 323 g/mol. The van der Waals surface area contributed by atoms with Crippen LogP contribution in [0.1, 0.15) is 23.2 Å². The number of benzene rings is 2. The van der Waals surface area contributed by atoms with Crippen LogP contribution >= 0.6 is 0 Å². The minimum atomic E-state index is -0.720. The molecule has 1 radical (unpaired) electrons. The molecule has 2 aliphatic rings. The van der Waals surface area contributed by atoms with Gasteiger partial charge in [0, 0.05) is 17.2 Å². The summed E-state index contributed by atoms with van der Waals surface area (Å²) in [7, 11) is 0.582. The molecule has 1 unspecified atom stereocenters. The summed E-state index contributed by atoms with van der Waals surface area (Å²) in [6, 6.07) is 7.78. The van der Waals surface area contributed by atoms with Crippen molar-refractivity contribution in [3.63, 3.8) is 0 Å². The molecule has 0 saturated carbocycles. The van der Waals surface area contributed by atoms with Crippen LogP contribution in [-0.2, 0) is 9.59 Å². The van der Waals surface area contributed by atoms with E-state index < -0.39 is 11.9 Å². The zero-order chi connectivity index (χ0) is 16.8. The van der Waals surface area contributed by atoms with E-state index in [1.54, 1.807) is 30.3 Å². The average Bonchev–Trinajstić information content (AvgIpc) is 2.85. The first-order chi connectivity index (χ1) is 11.6. The lowest BCUT2D eigenvalue weighted by molar-refractivity contribution is -0.134. The van der Waals surface area contributed by atoms with Gasteiger partial charge in [0.25, 0.3) is 5.91 Å². The predicted octanol–water partition coefficient (Wildman–Crippen LogP) is 0.511. The van der Waals surface area contributed by atoms with Crippen LogP contribution in [0.5, 0.6) is 5.75 Å². The fourth-order valence-corrected chi connectivity index (χ4v) is 3.38. The normalized spacial score (nSPS) is 19.6. The first-order valence-corrected chi connectivity index (χ1v) is 7.47. The molecule has 2 heterocycles. The van der Waals surface area contributed by atoms with Gasteiger partial charge in [0.2, 0.25) is 11.8 Å². The summed E-state index contributed by atoms with van der Waals surface area (Å²) in [5.74, 6) is -0.663. The highest BCUT2D eigenvalue weighted by molar-refractivity contribution is 6.28. The number of nitrogens with one attached hydrogen (secondary N) is 1. The lowest BCUT2D eigenvalue weighted by atomic mass is 10.0. The SMILES string of the molecule is O=C1CCC(N2C(=O)c3ccc(O[B]O)c4cccc2c34)C(=O)N1. The number of carbonyl (C=O) groups is 3. The molecule has 2 aromatic carbocycles. The summed E-state index contributed by atoms with van der Waals surface area (Å²) in [5, 5.41) is 12.5. The van der Waals surface area contributed by atoms with E-state index >= 15 is 0 Å². The molecule has 0 bridgehead atoms. The Morgan fingerprint density at radius 3 is 2.79 bits per heavy atom. The Morgan fingerprint density at radius 1 is 1.21 bits per heavy atom. The van der Waals surface area contributed by atoms with Gasteiger partial charge in [-0.05, 0) is 24.6 Å². The van der Waals surface area contributed by atoms with Gasteiger partial charge in [-0.2, -0.15) is 0 Å². The van der Waals surface area contributed by atoms with Crippen molar-refractivity contribution in [3.05, 3.63) is 35.9 Å². The molecule has 119 valence electrons. The minimum Gasteiger partial charge on any atom is -0.537 e. The first kappa shape index (κ1) is 14.7. The molecule has 7 nitrogen and oxygen atoms in total. The largest absolute Gasteiger partial charge is 0.569 e. The van der Waals surface area contributed by atoms with Crippen molar-refractivity contribution in [2.45, 2.75) is 18.9 Å². The number of rotatable bonds is 3. The molecule has 1 fully saturated rings. The second-order valence-electron chi connectivity index (χ2n) is 5.68. The molecule has 1 saturated heterocycles. The molecule has 1 atom stereocenters. The van der Waals surface area contributed by atoms with Crippen molar-refractivity contribution in [3.8, 4) is 5.75 Å². The Bertz CT molecular complexity index is 897. The van der Waals surface area contributed by atoms with Crippen molar-refractivity contribution < 1.29 is 24.1 Å². The maximum absolute atomic E-state index is 12.8. The number of nitrogens with zero attached hydrogens (tertiary/aromatic N) is 1. The molecule has 24 heavy (non-hydrogen) atoms. The van der Waals surface area contributed by atoms with Gasteiger partial charge in [-0.25, -0.2) is 0 Å². The summed E-state index contributed by atoms with van der Waals surface area (Å²) in [4.78, 5) is 37.8. The van der Waals surface area contributed by atoms with E-state index in [1.807, 2.05) is 0 Å². The number of anilines is 1. The van der Waals surface area contributed by atoms with E-state index in [1.165, 1.54) is 4.90 Å². The summed E-state index contributed by atoms with van der Waals surface area (Å²) in [6.45, 7) is 0. The van der Waals surface area contributed by atoms with Gasteiger partial charge in [-0.3, -0.25) is 24.6 Å². The van der Waals surface area contributed by atoms with Crippen LogP contribution in [0.25, 0.3) is 10.8 Å². The number of piperidine rings is 1. The maximum atomic E-state index is 12.8. The monoisotopic (exact) mass is 323 g/mol. The molecule has 2 aromatic rings. The van der Waals surface area contributed by atoms with Crippen LogP contribution in [0.3, 0.4) is 0 Å². The Morgan fingerprint density at radius 2 is 2.04 bits per heavy atom. The van der Waals surface area contributed by atoms with Crippen LogP contribution in [0.15, 0.2) is 30.3 Å². The number of carbonyl (C=O) groups excluding carboxylic acids is 3. The molecular weight excluding hydrogens is 311 g/mol. The number of hydrogen-bond acceptors (Lipinski definition) is 5. The molecule has 4 rings (SSSR count). The zero-order valence-electron chi connectivity index (χ0n) is 12.5. The van der Waals surface area contributed by atoms with Crippen LogP contribution in [0.4, 0.5) is 5.69 Å². The lowest BCUT2D eigenvalue weighted by Crippen LogP contribution is -2.53. The van der Waals surface area contributed by atoms with Gasteiger partial charge < -0.3 is 9.68 Å². The Balaban J connectivity index is 1.85. The fourth-order valence-electron chi connectivity index (χ4n) is 3.38. The van der Waals surface area contributed by atoms with E-state index in [0.29, 0.717) is 35.5 Å². The van der Waals surface area contributed by atoms with Gasteiger partial charge in [-0.15, -0.1) is 0 Å². The van der Waals surface area contributed by atoms with E-state index in [-0.39, 0.29) is 24.7 Å². The molecular formula is C16H12BN2O5. The summed E-state index contributed by atoms with van der Waals surface area (Å²) >= 11 is 0. The van der Waals surface area contributed by atoms with E-state index in [0.717, 1.165) is 0 Å². The van der Waals surface area contributed by atoms with Gasteiger partial charge in [0.05, 0.1) is 11.3 Å². The fraction of sp³-hybridized carbons (Fsp3) is 0.188. The first-order valence-electron chi connectivity index (χ1n) is 7.47. The van der Waals surface area contributed by atoms with Crippen LogP contribution < -0.4 is 14.9 Å². The highest BCUT2D eigenvalue weighted by Crippen LogP contribution is 2.42. The molecule has 8 heteroatoms.